The van der Waals surface area contributed by atoms with Crippen LogP contribution in [0.25, 0.3) is 0 Å². The average Bonchev–Trinajstić information content (AvgIpc) is 3.65. The van der Waals surface area contributed by atoms with Crippen molar-refractivity contribution in [2.75, 3.05) is 45.8 Å². The Morgan fingerprint density at radius 3 is 2.24 bits per heavy atom. The van der Waals surface area contributed by atoms with Gasteiger partial charge in [0.05, 0.1) is 28.5 Å². The first kappa shape index (κ1) is 33.9. The Balaban J connectivity index is 1.34. The number of aryl methyl sites for hydroxylation is 1. The SMILES string of the molecule is CC1CCN(CCCN2CCN(C(=O)CC3=C(C(=O)O)C(c4c(Cl)cccc4Cl)C(C(=O)O)=C(CCc4nccs4)N3)CC2)C1=O. The van der Waals surface area contributed by atoms with Crippen molar-refractivity contribution >= 4 is 58.3 Å². The lowest BCUT2D eigenvalue weighted by molar-refractivity contribution is -0.134. The minimum Gasteiger partial charge on any atom is -0.478 e. The highest BCUT2D eigenvalue weighted by atomic mass is 35.5. The summed E-state index contributed by atoms with van der Waals surface area (Å²) in [6.45, 7) is 6.59. The standard InChI is InChI=1S/C32H37Cl2N5O6S/c1-19-8-12-39(30(19)41)11-3-10-37-13-15-38(16-14-37)25(40)18-23-28(32(44)45)29(26-20(33)4-2-5-21(26)34)27(31(42)43)22(36-23)6-7-24-35-9-17-46-24/h2,4-5,9,17,19,29,36H,3,6-8,10-16,18H2,1H3,(H,42,43)(H,44,45). The fourth-order valence-electron chi connectivity index (χ4n) is 6.42. The number of allylic oxidation sites excluding steroid dienone is 1. The number of hydrogen-bond donors (Lipinski definition) is 3. The van der Waals surface area contributed by atoms with Crippen LogP contribution in [0.5, 0.6) is 0 Å². The van der Waals surface area contributed by atoms with Gasteiger partial charge in [-0.15, -0.1) is 11.3 Å². The summed E-state index contributed by atoms with van der Waals surface area (Å²) >= 11 is 14.5. The van der Waals surface area contributed by atoms with Gasteiger partial charge >= 0.3 is 11.9 Å². The van der Waals surface area contributed by atoms with Crippen LogP contribution in [0.3, 0.4) is 0 Å². The Bertz CT molecular complexity index is 1530. The highest BCUT2D eigenvalue weighted by Crippen LogP contribution is 2.45. The predicted octanol–water partition coefficient (Wildman–Crippen LogP) is 4.24. The molecule has 3 aliphatic rings. The fourth-order valence-corrected chi connectivity index (χ4v) is 7.66. The van der Waals surface area contributed by atoms with E-state index < -0.39 is 17.9 Å². The molecule has 1 aromatic heterocycles. The van der Waals surface area contributed by atoms with E-state index in [9.17, 15) is 29.4 Å². The van der Waals surface area contributed by atoms with Crippen LogP contribution >= 0.6 is 34.5 Å². The summed E-state index contributed by atoms with van der Waals surface area (Å²) in [5.74, 6) is -3.94. The van der Waals surface area contributed by atoms with Crippen molar-refractivity contribution in [2.24, 2.45) is 5.92 Å². The highest BCUT2D eigenvalue weighted by molar-refractivity contribution is 7.09. The van der Waals surface area contributed by atoms with E-state index in [0.717, 1.165) is 37.5 Å². The molecule has 0 spiro atoms. The number of amides is 2. The van der Waals surface area contributed by atoms with E-state index in [1.807, 2.05) is 17.2 Å². The van der Waals surface area contributed by atoms with Gasteiger partial charge in [-0.2, -0.15) is 0 Å². The summed E-state index contributed by atoms with van der Waals surface area (Å²) in [7, 11) is 0. The Morgan fingerprint density at radius 1 is 0.978 bits per heavy atom. The number of aromatic nitrogens is 1. The molecule has 2 saturated heterocycles. The molecule has 4 heterocycles. The number of nitrogens with zero attached hydrogens (tertiary/aromatic N) is 4. The molecule has 0 bridgehead atoms. The summed E-state index contributed by atoms with van der Waals surface area (Å²) in [5, 5.41) is 26.8. The quantitative estimate of drug-likeness (QED) is 0.298. The summed E-state index contributed by atoms with van der Waals surface area (Å²) in [6, 6.07) is 4.67. The van der Waals surface area contributed by atoms with Gasteiger partial charge in [0, 0.05) is 90.2 Å². The van der Waals surface area contributed by atoms with Gasteiger partial charge in [-0.05, 0) is 37.9 Å². The van der Waals surface area contributed by atoms with Crippen molar-refractivity contribution in [2.45, 2.75) is 44.9 Å². The molecule has 0 aliphatic carbocycles. The van der Waals surface area contributed by atoms with Gasteiger partial charge in [0.15, 0.2) is 0 Å². The molecular formula is C32H37Cl2N5O6S. The van der Waals surface area contributed by atoms with Gasteiger partial charge < -0.3 is 25.3 Å². The molecule has 3 aliphatic heterocycles. The normalized spacial score (nSPS) is 20.8. The Morgan fingerprint density at radius 2 is 1.65 bits per heavy atom. The number of hydrogen-bond acceptors (Lipinski definition) is 8. The van der Waals surface area contributed by atoms with Crippen molar-refractivity contribution in [3.63, 3.8) is 0 Å². The van der Waals surface area contributed by atoms with Crippen LogP contribution in [0.2, 0.25) is 10.0 Å². The lowest BCUT2D eigenvalue weighted by Gasteiger charge is -2.36. The number of rotatable bonds is 12. The molecule has 2 atom stereocenters. The van der Waals surface area contributed by atoms with Crippen molar-refractivity contribution in [1.29, 1.82) is 0 Å². The second kappa shape index (κ2) is 15.0. The number of piperazine rings is 1. The van der Waals surface area contributed by atoms with Crippen LogP contribution in [0.1, 0.15) is 49.1 Å². The van der Waals surface area contributed by atoms with Gasteiger partial charge in [0.25, 0.3) is 0 Å². The maximum atomic E-state index is 13.6. The van der Waals surface area contributed by atoms with Crippen LogP contribution < -0.4 is 5.32 Å². The minimum atomic E-state index is -1.37. The number of halogens is 2. The number of dihydropyridines is 1. The van der Waals surface area contributed by atoms with Gasteiger partial charge in [-0.1, -0.05) is 36.2 Å². The number of benzene rings is 1. The third-order valence-corrected chi connectivity index (χ3v) is 10.4. The molecular weight excluding hydrogens is 653 g/mol. The fraction of sp³-hybridized carbons (Fsp3) is 0.469. The van der Waals surface area contributed by atoms with E-state index in [-0.39, 0.29) is 68.7 Å². The molecule has 0 saturated carbocycles. The van der Waals surface area contributed by atoms with Crippen LogP contribution in [0.15, 0.2) is 52.3 Å². The first-order valence-electron chi connectivity index (χ1n) is 15.4. The average molecular weight is 691 g/mol. The summed E-state index contributed by atoms with van der Waals surface area (Å²) in [6.07, 6.45) is 3.80. The number of carboxylic acids is 2. The molecule has 5 rings (SSSR count). The first-order chi connectivity index (χ1) is 22.0. The first-order valence-corrected chi connectivity index (χ1v) is 17.0. The maximum absolute atomic E-state index is 13.6. The zero-order valence-electron chi connectivity index (χ0n) is 25.5. The lowest BCUT2D eigenvalue weighted by atomic mass is 9.79. The smallest absolute Gasteiger partial charge is 0.334 e. The topological polar surface area (TPSA) is 143 Å². The summed E-state index contributed by atoms with van der Waals surface area (Å²) in [4.78, 5) is 61.7. The van der Waals surface area contributed by atoms with Crippen LogP contribution in [0, 0.1) is 5.92 Å². The monoisotopic (exact) mass is 689 g/mol. The Labute approximate surface area is 281 Å². The van der Waals surface area contributed by atoms with Gasteiger partial charge in [0.2, 0.25) is 11.8 Å². The van der Waals surface area contributed by atoms with E-state index in [0.29, 0.717) is 32.6 Å². The van der Waals surface area contributed by atoms with Gasteiger partial charge in [-0.3, -0.25) is 14.5 Å². The number of likely N-dealkylation sites (tertiary alicyclic amines) is 1. The summed E-state index contributed by atoms with van der Waals surface area (Å²) in [5.41, 5.74) is 0.108. The number of carbonyl (C=O) groups is 4. The molecule has 246 valence electrons. The highest BCUT2D eigenvalue weighted by Gasteiger charge is 2.41. The van der Waals surface area contributed by atoms with E-state index in [2.05, 4.69) is 15.2 Å². The molecule has 2 amide bonds. The van der Waals surface area contributed by atoms with Crippen LogP contribution in [0.4, 0.5) is 0 Å². The van der Waals surface area contributed by atoms with Gasteiger partial charge in [0.1, 0.15) is 0 Å². The molecule has 3 N–H and O–H groups in total. The number of carboxylic acid groups (broad SMARTS) is 2. The largest absolute Gasteiger partial charge is 0.478 e. The van der Waals surface area contributed by atoms with E-state index >= 15 is 0 Å². The van der Waals surface area contributed by atoms with Crippen molar-refractivity contribution in [3.05, 3.63) is 72.9 Å². The number of aliphatic carboxylic acids is 2. The van der Waals surface area contributed by atoms with E-state index in [4.69, 9.17) is 23.2 Å². The predicted molar refractivity (Wildman–Crippen MR) is 175 cm³/mol. The third kappa shape index (κ3) is 7.57. The third-order valence-electron chi connectivity index (χ3n) is 8.87. The van der Waals surface area contributed by atoms with Crippen molar-refractivity contribution < 1.29 is 29.4 Å². The van der Waals surface area contributed by atoms with Crippen molar-refractivity contribution in [1.82, 2.24) is 25.0 Å². The molecule has 2 fully saturated rings. The minimum absolute atomic E-state index is 0.0993. The van der Waals surface area contributed by atoms with Crippen LogP contribution in [-0.4, -0.2) is 99.5 Å². The second-order valence-corrected chi connectivity index (χ2v) is 13.6. The number of nitrogens with one attached hydrogen (secondary N) is 1. The number of thiazole rings is 1. The zero-order valence-corrected chi connectivity index (χ0v) is 27.8. The molecule has 2 unspecified atom stereocenters. The molecule has 46 heavy (non-hydrogen) atoms. The van der Waals surface area contributed by atoms with E-state index in [1.165, 1.54) is 23.5 Å². The summed E-state index contributed by atoms with van der Waals surface area (Å²) < 4.78 is 0. The zero-order chi connectivity index (χ0) is 33.0. The lowest BCUT2D eigenvalue weighted by Crippen LogP contribution is -2.49. The molecule has 0 radical (unpaired) electrons. The Hall–Kier alpha value is -3.45. The molecule has 1 aromatic carbocycles. The van der Waals surface area contributed by atoms with Crippen molar-refractivity contribution in [3.8, 4) is 0 Å². The Kier molecular flexibility index (Phi) is 11.0. The molecule has 2 aromatic rings. The van der Waals surface area contributed by atoms with Crippen LogP contribution in [-0.2, 0) is 25.6 Å². The molecule has 14 heteroatoms. The second-order valence-electron chi connectivity index (χ2n) is 11.8. The molecule has 11 nitrogen and oxygen atoms in total. The van der Waals surface area contributed by atoms with E-state index in [1.54, 1.807) is 17.2 Å². The maximum Gasteiger partial charge on any atom is 0.334 e. The van der Waals surface area contributed by atoms with Gasteiger partial charge in [-0.25, -0.2) is 14.6 Å². The number of carbonyl (C=O) groups excluding carboxylic acids is 2.